The van der Waals surface area contributed by atoms with Gasteiger partial charge in [0.1, 0.15) is 17.3 Å². The summed E-state index contributed by atoms with van der Waals surface area (Å²) in [5.41, 5.74) is -0.178. The van der Waals surface area contributed by atoms with Gasteiger partial charge < -0.3 is 10.6 Å². The maximum atomic E-state index is 13.5. The lowest BCUT2D eigenvalue weighted by atomic mass is 9.96. The van der Waals surface area contributed by atoms with Crippen LogP contribution in [0.1, 0.15) is 25.7 Å². The fourth-order valence-corrected chi connectivity index (χ4v) is 3.61. The topological polar surface area (TPSA) is 24.1 Å². The first-order chi connectivity index (χ1) is 9.13. The largest absolute Gasteiger partial charge is 0.359 e. The van der Waals surface area contributed by atoms with Crippen LogP contribution in [0.2, 0.25) is 0 Å². The van der Waals surface area contributed by atoms with Crippen LogP contribution in [0.4, 0.5) is 14.5 Å². The number of fused-ring (bicyclic) bond motifs is 2. The van der Waals surface area contributed by atoms with Gasteiger partial charge >= 0.3 is 0 Å². The summed E-state index contributed by atoms with van der Waals surface area (Å²) in [6.07, 6.45) is 4.92. The fourth-order valence-electron chi connectivity index (χ4n) is 3.36. The first-order valence-corrected chi connectivity index (χ1v) is 7.06. The summed E-state index contributed by atoms with van der Waals surface area (Å²) in [5, 5.41) is 6.14. The van der Waals surface area contributed by atoms with E-state index in [9.17, 15) is 8.78 Å². The molecule has 1 aromatic rings. The molecule has 2 nitrogen and oxygen atoms in total. The van der Waals surface area contributed by atoms with Crippen LogP contribution in [-0.2, 0) is 0 Å². The Labute approximate surface area is 116 Å². The maximum Gasteiger partial charge on any atom is 0.171 e. The maximum absolute atomic E-state index is 13.5. The summed E-state index contributed by atoms with van der Waals surface area (Å²) in [5.74, 6) is 0.208. The van der Waals surface area contributed by atoms with Crippen molar-refractivity contribution in [2.75, 3.05) is 5.32 Å². The molecule has 0 saturated heterocycles. The molecule has 0 aromatic heterocycles. The van der Waals surface area contributed by atoms with Crippen LogP contribution >= 0.6 is 12.2 Å². The molecule has 0 heterocycles. The van der Waals surface area contributed by atoms with E-state index in [-0.39, 0.29) is 5.69 Å². The molecule has 2 saturated carbocycles. The van der Waals surface area contributed by atoms with Crippen molar-refractivity contribution in [2.45, 2.75) is 31.7 Å². The highest BCUT2D eigenvalue weighted by Gasteiger charge is 2.39. The molecular weight excluding hydrogens is 266 g/mol. The summed E-state index contributed by atoms with van der Waals surface area (Å²) < 4.78 is 27.0. The van der Waals surface area contributed by atoms with Crippen LogP contribution in [-0.4, -0.2) is 11.2 Å². The third kappa shape index (κ3) is 2.56. The first kappa shape index (κ1) is 12.8. The zero-order valence-corrected chi connectivity index (χ0v) is 11.3. The third-order valence-electron chi connectivity index (χ3n) is 4.26. The van der Waals surface area contributed by atoms with Crippen molar-refractivity contribution in [3.63, 3.8) is 0 Å². The lowest BCUT2D eigenvalue weighted by Gasteiger charge is -2.24. The number of hydrogen-bond acceptors (Lipinski definition) is 1. The minimum atomic E-state index is -0.628. The molecule has 2 N–H and O–H groups in total. The van der Waals surface area contributed by atoms with Gasteiger partial charge in [0.2, 0.25) is 0 Å². The molecule has 3 atom stereocenters. The number of thiocarbonyl (C=S) groups is 1. The molecule has 2 bridgehead atoms. The summed E-state index contributed by atoms with van der Waals surface area (Å²) in [6.45, 7) is 0. The predicted octanol–water partition coefficient (Wildman–Crippen LogP) is 3.44. The van der Waals surface area contributed by atoms with Crippen molar-refractivity contribution in [3.05, 3.63) is 29.8 Å². The van der Waals surface area contributed by atoms with Gasteiger partial charge in [0, 0.05) is 6.04 Å². The van der Waals surface area contributed by atoms with E-state index in [2.05, 4.69) is 10.6 Å². The van der Waals surface area contributed by atoms with Gasteiger partial charge in [-0.3, -0.25) is 0 Å². The van der Waals surface area contributed by atoms with Gasteiger partial charge in [0.05, 0.1) is 0 Å². The van der Waals surface area contributed by atoms with E-state index in [0.717, 1.165) is 12.3 Å². The van der Waals surface area contributed by atoms with Crippen LogP contribution < -0.4 is 10.6 Å². The van der Waals surface area contributed by atoms with Gasteiger partial charge in [0.15, 0.2) is 5.11 Å². The van der Waals surface area contributed by atoms with E-state index in [0.29, 0.717) is 17.1 Å². The normalized spacial score (nSPS) is 28.4. The van der Waals surface area contributed by atoms with Crippen molar-refractivity contribution in [1.29, 1.82) is 0 Å². The molecule has 0 aliphatic heterocycles. The Kier molecular flexibility index (Phi) is 3.39. The summed E-state index contributed by atoms with van der Waals surface area (Å²) in [6, 6.07) is 4.12. The molecule has 3 rings (SSSR count). The second-order valence-electron chi connectivity index (χ2n) is 5.48. The monoisotopic (exact) mass is 282 g/mol. The minimum absolute atomic E-state index is 0.178. The molecule has 5 heteroatoms. The van der Waals surface area contributed by atoms with E-state index >= 15 is 0 Å². The van der Waals surface area contributed by atoms with Gasteiger partial charge in [-0.2, -0.15) is 0 Å². The number of nitrogens with one attached hydrogen (secondary N) is 2. The second kappa shape index (κ2) is 5.04. The molecule has 19 heavy (non-hydrogen) atoms. The van der Waals surface area contributed by atoms with E-state index in [1.807, 2.05) is 0 Å². The SMILES string of the molecule is Fc1cccc(F)c1NC(=S)N[C@H]1C[C@H]2CC[C@@H]1C2. The summed E-state index contributed by atoms with van der Waals surface area (Å²) in [4.78, 5) is 0. The van der Waals surface area contributed by atoms with Crippen LogP contribution in [0.25, 0.3) is 0 Å². The minimum Gasteiger partial charge on any atom is -0.359 e. The number of rotatable bonds is 2. The van der Waals surface area contributed by atoms with Gasteiger partial charge in [-0.1, -0.05) is 12.5 Å². The van der Waals surface area contributed by atoms with Crippen molar-refractivity contribution < 1.29 is 8.78 Å². The van der Waals surface area contributed by atoms with Gasteiger partial charge in [-0.15, -0.1) is 0 Å². The standard InChI is InChI=1S/C14H16F2N2S/c15-10-2-1-3-11(16)13(10)18-14(19)17-12-7-8-4-5-9(12)6-8/h1-3,8-9,12H,4-7H2,(H2,17,18,19)/t8-,9+,12-/m0/s1. The summed E-state index contributed by atoms with van der Waals surface area (Å²) in [7, 11) is 0. The number of halogens is 2. The smallest absolute Gasteiger partial charge is 0.171 e. The Bertz CT molecular complexity index is 486. The van der Waals surface area contributed by atoms with Crippen LogP contribution in [0.3, 0.4) is 0 Å². The third-order valence-corrected chi connectivity index (χ3v) is 4.48. The molecular formula is C14H16F2N2S. The Hall–Kier alpha value is -1.23. The fraction of sp³-hybridized carbons (Fsp3) is 0.500. The van der Waals surface area contributed by atoms with Gasteiger partial charge in [-0.25, -0.2) is 8.78 Å². The van der Waals surface area contributed by atoms with Crippen LogP contribution in [0.15, 0.2) is 18.2 Å². The number of para-hydroxylation sites is 1. The zero-order chi connectivity index (χ0) is 13.4. The highest BCUT2D eigenvalue weighted by Crippen LogP contribution is 2.44. The highest BCUT2D eigenvalue weighted by atomic mass is 32.1. The number of benzene rings is 1. The quantitative estimate of drug-likeness (QED) is 0.813. The molecule has 0 spiro atoms. The molecule has 0 unspecified atom stereocenters. The van der Waals surface area contributed by atoms with Gasteiger partial charge in [-0.05, 0) is 55.4 Å². The Morgan fingerprint density at radius 2 is 1.89 bits per heavy atom. The predicted molar refractivity (Wildman–Crippen MR) is 75.0 cm³/mol. The van der Waals surface area contributed by atoms with E-state index in [1.54, 1.807) is 0 Å². The van der Waals surface area contributed by atoms with Crippen LogP contribution in [0, 0.1) is 23.5 Å². The molecule has 0 amide bonds. The second-order valence-corrected chi connectivity index (χ2v) is 5.88. The molecule has 0 radical (unpaired) electrons. The molecule has 2 fully saturated rings. The molecule has 2 aliphatic rings. The Morgan fingerprint density at radius 1 is 1.16 bits per heavy atom. The van der Waals surface area contributed by atoms with E-state index in [4.69, 9.17) is 12.2 Å². The van der Waals surface area contributed by atoms with Crippen LogP contribution in [0.5, 0.6) is 0 Å². The Morgan fingerprint density at radius 3 is 2.47 bits per heavy atom. The summed E-state index contributed by atoms with van der Waals surface area (Å²) >= 11 is 5.15. The van der Waals surface area contributed by atoms with Crippen molar-refractivity contribution in [2.24, 2.45) is 11.8 Å². The zero-order valence-electron chi connectivity index (χ0n) is 10.5. The lowest BCUT2D eigenvalue weighted by Crippen LogP contribution is -2.41. The lowest BCUT2D eigenvalue weighted by molar-refractivity contribution is 0.391. The number of hydrogen-bond donors (Lipinski definition) is 2. The average molecular weight is 282 g/mol. The number of anilines is 1. The van der Waals surface area contributed by atoms with Crippen molar-refractivity contribution in [3.8, 4) is 0 Å². The molecule has 1 aromatic carbocycles. The van der Waals surface area contributed by atoms with E-state index < -0.39 is 11.6 Å². The van der Waals surface area contributed by atoms with Crippen molar-refractivity contribution >= 4 is 23.0 Å². The highest BCUT2D eigenvalue weighted by molar-refractivity contribution is 7.80. The van der Waals surface area contributed by atoms with Crippen molar-refractivity contribution in [1.82, 2.24) is 5.32 Å². The van der Waals surface area contributed by atoms with Gasteiger partial charge in [0.25, 0.3) is 0 Å². The average Bonchev–Trinajstić information content (AvgIpc) is 2.96. The first-order valence-electron chi connectivity index (χ1n) is 6.65. The molecule has 2 aliphatic carbocycles. The Balaban J connectivity index is 1.62. The molecule has 102 valence electrons. The van der Waals surface area contributed by atoms with E-state index in [1.165, 1.54) is 37.5 Å².